The highest BCUT2D eigenvalue weighted by molar-refractivity contribution is 14.0. The molecule has 1 amide bonds. The van der Waals surface area contributed by atoms with Gasteiger partial charge in [-0.05, 0) is 51.9 Å². The smallest absolute Gasteiger partial charge is 0.407 e. The van der Waals surface area contributed by atoms with E-state index in [4.69, 9.17) is 4.74 Å². The van der Waals surface area contributed by atoms with Gasteiger partial charge in [0.1, 0.15) is 5.60 Å². The average Bonchev–Trinajstić information content (AvgIpc) is 2.67. The fourth-order valence-electron chi connectivity index (χ4n) is 2.63. The van der Waals surface area contributed by atoms with E-state index in [1.165, 1.54) is 5.56 Å². The van der Waals surface area contributed by atoms with E-state index < -0.39 is 11.7 Å². The molecule has 1 rings (SSSR count). The molecule has 0 saturated heterocycles. The molecule has 8 heteroatoms. The molecule has 0 bridgehead atoms. The van der Waals surface area contributed by atoms with Gasteiger partial charge >= 0.3 is 6.09 Å². The third-order valence-electron chi connectivity index (χ3n) is 4.17. The zero-order chi connectivity index (χ0) is 21.7. The zero-order valence-electron chi connectivity index (χ0n) is 19.4. The lowest BCUT2D eigenvalue weighted by molar-refractivity contribution is 0.0529. The fraction of sp³-hybridized carbons (Fsp3) is 0.636. The van der Waals surface area contributed by atoms with E-state index in [1.807, 2.05) is 27.7 Å². The Morgan fingerprint density at radius 3 is 2.07 bits per heavy atom. The lowest BCUT2D eigenvalue weighted by atomic mass is 10.1. The summed E-state index contributed by atoms with van der Waals surface area (Å²) in [6.07, 6.45) is -0.411. The molecular weight excluding hydrogens is 493 g/mol. The van der Waals surface area contributed by atoms with E-state index in [0.717, 1.165) is 37.7 Å². The maximum absolute atomic E-state index is 11.7. The molecule has 30 heavy (non-hydrogen) atoms. The van der Waals surface area contributed by atoms with Gasteiger partial charge in [0.2, 0.25) is 0 Å². The highest BCUT2D eigenvalue weighted by Crippen LogP contribution is 2.09. The summed E-state index contributed by atoms with van der Waals surface area (Å²) in [6.45, 7) is 17.4. The second-order valence-electron chi connectivity index (χ2n) is 7.83. The molecule has 0 spiro atoms. The van der Waals surface area contributed by atoms with E-state index in [9.17, 15) is 4.79 Å². The molecule has 7 nitrogen and oxygen atoms in total. The van der Waals surface area contributed by atoms with Crippen LogP contribution in [0, 0.1) is 0 Å². The molecule has 0 heterocycles. The molecule has 1 aromatic carbocycles. The Balaban J connectivity index is 0.00000841. The van der Waals surface area contributed by atoms with Crippen molar-refractivity contribution in [3.05, 3.63) is 35.4 Å². The summed E-state index contributed by atoms with van der Waals surface area (Å²) in [7, 11) is 0. The first-order chi connectivity index (χ1) is 13.8. The Morgan fingerprint density at radius 2 is 1.53 bits per heavy atom. The summed E-state index contributed by atoms with van der Waals surface area (Å²) in [5.74, 6) is 0.728. The summed E-state index contributed by atoms with van der Waals surface area (Å²) in [4.78, 5) is 18.7. The zero-order valence-corrected chi connectivity index (χ0v) is 21.7. The third kappa shape index (κ3) is 12.9. The number of guanidine groups is 1. The quantitative estimate of drug-likeness (QED) is 0.185. The van der Waals surface area contributed by atoms with Crippen LogP contribution < -0.4 is 16.0 Å². The fourth-order valence-corrected chi connectivity index (χ4v) is 2.63. The minimum Gasteiger partial charge on any atom is -0.444 e. The predicted octanol–water partition coefficient (Wildman–Crippen LogP) is 3.73. The molecule has 0 saturated carbocycles. The van der Waals surface area contributed by atoms with Crippen molar-refractivity contribution in [2.75, 3.05) is 32.7 Å². The van der Waals surface area contributed by atoms with Gasteiger partial charge in [-0.25, -0.2) is 9.79 Å². The molecule has 0 aromatic heterocycles. The molecule has 1 aromatic rings. The second-order valence-corrected chi connectivity index (χ2v) is 7.83. The molecule has 0 fully saturated rings. The van der Waals surface area contributed by atoms with Crippen LogP contribution in [0.5, 0.6) is 0 Å². The average molecular weight is 533 g/mol. The first-order valence-corrected chi connectivity index (χ1v) is 10.6. The van der Waals surface area contributed by atoms with Crippen molar-refractivity contribution < 1.29 is 9.53 Å². The molecule has 0 aliphatic rings. The van der Waals surface area contributed by atoms with Crippen molar-refractivity contribution in [1.82, 2.24) is 20.9 Å². The first kappa shape index (κ1) is 28.5. The summed E-state index contributed by atoms with van der Waals surface area (Å²) >= 11 is 0. The van der Waals surface area contributed by atoms with Gasteiger partial charge in [0.05, 0.1) is 6.54 Å². The van der Waals surface area contributed by atoms with Crippen molar-refractivity contribution in [3.8, 4) is 0 Å². The number of ether oxygens (including phenoxy) is 1. The number of nitrogens with one attached hydrogen (secondary N) is 3. The van der Waals surface area contributed by atoms with Gasteiger partial charge in [0.15, 0.2) is 5.96 Å². The Bertz CT molecular complexity index is 625. The minimum atomic E-state index is -0.491. The first-order valence-electron chi connectivity index (χ1n) is 10.6. The lowest BCUT2D eigenvalue weighted by Gasteiger charge is -2.20. The third-order valence-corrected chi connectivity index (χ3v) is 4.17. The summed E-state index contributed by atoms with van der Waals surface area (Å²) in [5, 5.41) is 9.18. The normalized spacial score (nSPS) is 11.6. The number of benzene rings is 1. The van der Waals surface area contributed by atoms with Crippen LogP contribution in [0.2, 0.25) is 0 Å². The number of alkyl carbamates (subject to hydrolysis) is 1. The van der Waals surface area contributed by atoms with Crippen LogP contribution in [-0.2, 0) is 17.8 Å². The monoisotopic (exact) mass is 533 g/mol. The number of nitrogens with zero attached hydrogens (tertiary/aromatic N) is 2. The van der Waals surface area contributed by atoms with Crippen molar-refractivity contribution in [3.63, 3.8) is 0 Å². The molecule has 0 atom stereocenters. The number of carbonyl (C=O) groups excluding carboxylic acids is 1. The number of amides is 1. The number of hydrogen-bond donors (Lipinski definition) is 3. The van der Waals surface area contributed by atoms with Crippen molar-refractivity contribution in [2.45, 2.75) is 60.2 Å². The number of aliphatic imine (C=N–C) groups is 1. The van der Waals surface area contributed by atoms with Crippen molar-refractivity contribution in [1.29, 1.82) is 0 Å². The maximum Gasteiger partial charge on any atom is 0.407 e. The standard InChI is InChI=1S/C22H39N5O2.HI/c1-7-23-20(24-14-15-25-21(28)29-22(4,5)6)26-16-18-10-12-19(13-11-18)17-27(8-2)9-3;/h10-13H,7-9,14-17H2,1-6H3,(H,25,28)(H2,23,24,26);1H. The van der Waals surface area contributed by atoms with Crippen LogP contribution >= 0.6 is 24.0 Å². The number of carbonyl (C=O) groups is 1. The highest BCUT2D eigenvalue weighted by Gasteiger charge is 2.15. The van der Waals surface area contributed by atoms with Crippen LogP contribution in [0.15, 0.2) is 29.3 Å². The van der Waals surface area contributed by atoms with E-state index in [1.54, 1.807) is 0 Å². The molecule has 172 valence electrons. The maximum atomic E-state index is 11.7. The van der Waals surface area contributed by atoms with Gasteiger partial charge in [-0.3, -0.25) is 4.90 Å². The summed E-state index contributed by atoms with van der Waals surface area (Å²) in [5.41, 5.74) is 1.99. The van der Waals surface area contributed by atoms with Gasteiger partial charge in [-0.15, -0.1) is 24.0 Å². The predicted molar refractivity (Wildman–Crippen MR) is 136 cm³/mol. The van der Waals surface area contributed by atoms with Gasteiger partial charge in [0.25, 0.3) is 0 Å². The van der Waals surface area contributed by atoms with E-state index >= 15 is 0 Å². The van der Waals surface area contributed by atoms with Gasteiger partial charge in [0, 0.05) is 26.2 Å². The van der Waals surface area contributed by atoms with Crippen LogP contribution in [-0.4, -0.2) is 55.3 Å². The second kappa shape index (κ2) is 15.3. The molecule has 0 radical (unpaired) electrons. The minimum absolute atomic E-state index is 0. The van der Waals surface area contributed by atoms with E-state index in [2.05, 4.69) is 64.0 Å². The molecular formula is C22H40IN5O2. The SMILES string of the molecule is CCNC(=NCc1ccc(CN(CC)CC)cc1)NCCNC(=O)OC(C)(C)C.I. The summed E-state index contributed by atoms with van der Waals surface area (Å²) < 4.78 is 5.22. The molecule has 0 aliphatic carbocycles. The highest BCUT2D eigenvalue weighted by atomic mass is 127. The Morgan fingerprint density at radius 1 is 0.967 bits per heavy atom. The molecule has 0 unspecified atom stereocenters. The summed E-state index contributed by atoms with van der Waals surface area (Å²) in [6, 6.07) is 8.62. The van der Waals surface area contributed by atoms with Crippen LogP contribution in [0.25, 0.3) is 0 Å². The number of hydrogen-bond acceptors (Lipinski definition) is 4. The van der Waals surface area contributed by atoms with Crippen molar-refractivity contribution >= 4 is 36.0 Å². The Labute approximate surface area is 199 Å². The van der Waals surface area contributed by atoms with Gasteiger partial charge in [-0.1, -0.05) is 38.1 Å². The molecule has 0 aliphatic heterocycles. The van der Waals surface area contributed by atoms with Crippen LogP contribution in [0.4, 0.5) is 4.79 Å². The van der Waals surface area contributed by atoms with Gasteiger partial charge in [-0.2, -0.15) is 0 Å². The largest absolute Gasteiger partial charge is 0.444 e. The number of rotatable bonds is 10. The van der Waals surface area contributed by atoms with Crippen LogP contribution in [0.3, 0.4) is 0 Å². The van der Waals surface area contributed by atoms with E-state index in [-0.39, 0.29) is 24.0 Å². The van der Waals surface area contributed by atoms with Gasteiger partial charge < -0.3 is 20.7 Å². The topological polar surface area (TPSA) is 78.0 Å². The molecule has 3 N–H and O–H groups in total. The van der Waals surface area contributed by atoms with Crippen LogP contribution in [0.1, 0.15) is 52.7 Å². The van der Waals surface area contributed by atoms with E-state index in [0.29, 0.717) is 19.6 Å². The lowest BCUT2D eigenvalue weighted by Crippen LogP contribution is -2.42. The number of halogens is 1. The van der Waals surface area contributed by atoms with Crippen molar-refractivity contribution in [2.24, 2.45) is 4.99 Å². The Kier molecular flexibility index (Phi) is 14.5. The Hall–Kier alpha value is -1.55.